The molecule has 26 heavy (non-hydrogen) atoms. The second-order valence-electron chi connectivity index (χ2n) is 7.10. The van der Waals surface area contributed by atoms with Crippen LogP contribution in [0.15, 0.2) is 35.4 Å². The van der Waals surface area contributed by atoms with Crippen molar-refractivity contribution >= 4 is 22.8 Å². The molecule has 0 unspecified atom stereocenters. The summed E-state index contributed by atoms with van der Waals surface area (Å²) in [4.78, 5) is 42.6. The average molecular weight is 357 g/mol. The Morgan fingerprint density at radius 3 is 2.62 bits per heavy atom. The van der Waals surface area contributed by atoms with Gasteiger partial charge in [-0.25, -0.2) is 4.98 Å². The summed E-state index contributed by atoms with van der Waals surface area (Å²) in [5, 5.41) is 0.440. The maximum absolute atomic E-state index is 12.4. The van der Waals surface area contributed by atoms with E-state index < -0.39 is 5.97 Å². The Kier molecular flexibility index (Phi) is 5.35. The van der Waals surface area contributed by atoms with Crippen molar-refractivity contribution < 1.29 is 14.3 Å². The van der Waals surface area contributed by atoms with Gasteiger partial charge in [0.15, 0.2) is 6.61 Å². The van der Waals surface area contributed by atoms with Crippen LogP contribution in [0.4, 0.5) is 0 Å². The number of para-hydroxylation sites is 1. The van der Waals surface area contributed by atoms with Crippen molar-refractivity contribution in [2.45, 2.75) is 26.8 Å². The number of esters is 1. The lowest BCUT2D eigenvalue weighted by Gasteiger charge is -2.34. The molecule has 1 aromatic carbocycles. The van der Waals surface area contributed by atoms with E-state index in [1.807, 2.05) is 0 Å². The second-order valence-corrected chi connectivity index (χ2v) is 7.10. The summed E-state index contributed by atoms with van der Waals surface area (Å²) >= 11 is 0. The molecule has 1 saturated heterocycles. The molecule has 0 N–H and O–H groups in total. The van der Waals surface area contributed by atoms with E-state index in [2.05, 4.69) is 18.8 Å². The number of aromatic nitrogens is 2. The highest BCUT2D eigenvalue weighted by molar-refractivity contribution is 5.81. The molecule has 3 rings (SSSR count). The zero-order chi connectivity index (χ0) is 18.7. The number of nitrogens with zero attached hydrogens (tertiary/aromatic N) is 3. The second kappa shape index (κ2) is 7.68. The fourth-order valence-electron chi connectivity index (χ4n) is 3.50. The number of likely N-dealkylation sites (tertiary alicyclic amines) is 1. The number of ether oxygens (including phenoxy) is 1. The predicted molar refractivity (Wildman–Crippen MR) is 96.5 cm³/mol. The number of hydrogen-bond acceptors (Lipinski definition) is 5. The molecule has 0 aliphatic carbocycles. The molecule has 138 valence electrons. The molecule has 1 aliphatic rings. The van der Waals surface area contributed by atoms with Crippen LogP contribution in [0.2, 0.25) is 0 Å². The van der Waals surface area contributed by atoms with E-state index in [9.17, 15) is 14.4 Å². The highest BCUT2D eigenvalue weighted by Crippen LogP contribution is 2.20. The van der Waals surface area contributed by atoms with E-state index in [1.165, 1.54) is 10.9 Å². The zero-order valence-electron chi connectivity index (χ0n) is 15.1. The molecule has 1 aromatic heterocycles. The predicted octanol–water partition coefficient (Wildman–Crippen LogP) is 1.44. The number of amides is 1. The molecule has 0 spiro atoms. The van der Waals surface area contributed by atoms with Gasteiger partial charge in [0, 0.05) is 13.1 Å². The van der Waals surface area contributed by atoms with E-state index in [0.717, 1.165) is 6.42 Å². The van der Waals surface area contributed by atoms with Gasteiger partial charge < -0.3 is 9.64 Å². The summed E-state index contributed by atoms with van der Waals surface area (Å²) in [6.07, 6.45) is 2.42. The standard InChI is InChI=1S/C19H23N3O4/c1-13-7-14(2)9-21(8-13)17(23)11-26-18(24)10-22-12-20-16-6-4-3-5-15(16)19(22)25/h3-6,12-14H,7-11H2,1-2H3/t13-,14-/m1/s1. The minimum atomic E-state index is -0.629. The number of benzene rings is 1. The lowest BCUT2D eigenvalue weighted by molar-refractivity contribution is -0.153. The van der Waals surface area contributed by atoms with Gasteiger partial charge in [0.2, 0.25) is 0 Å². The van der Waals surface area contributed by atoms with Gasteiger partial charge in [-0.05, 0) is 30.4 Å². The van der Waals surface area contributed by atoms with Crippen molar-refractivity contribution in [3.05, 3.63) is 40.9 Å². The van der Waals surface area contributed by atoms with Crippen molar-refractivity contribution in [3.63, 3.8) is 0 Å². The zero-order valence-corrected chi connectivity index (χ0v) is 15.1. The number of fused-ring (bicyclic) bond motifs is 1. The molecule has 2 aromatic rings. The highest BCUT2D eigenvalue weighted by atomic mass is 16.5. The van der Waals surface area contributed by atoms with Crippen molar-refractivity contribution in [1.82, 2.24) is 14.5 Å². The van der Waals surface area contributed by atoms with Crippen LogP contribution in [0.3, 0.4) is 0 Å². The van der Waals surface area contributed by atoms with Gasteiger partial charge in [-0.3, -0.25) is 19.0 Å². The van der Waals surface area contributed by atoms with Crippen LogP contribution in [0, 0.1) is 11.8 Å². The van der Waals surface area contributed by atoms with Crippen LogP contribution in [0.25, 0.3) is 10.9 Å². The van der Waals surface area contributed by atoms with Crippen LogP contribution in [-0.4, -0.2) is 46.0 Å². The van der Waals surface area contributed by atoms with E-state index in [1.54, 1.807) is 29.2 Å². The third kappa shape index (κ3) is 4.09. The molecular formula is C19H23N3O4. The molecule has 1 amide bonds. The molecule has 2 atom stereocenters. The summed E-state index contributed by atoms with van der Waals surface area (Å²) < 4.78 is 6.28. The van der Waals surface area contributed by atoms with Crippen LogP contribution in [0.1, 0.15) is 20.3 Å². The number of carbonyl (C=O) groups excluding carboxylic acids is 2. The third-order valence-corrected chi connectivity index (χ3v) is 4.61. The van der Waals surface area contributed by atoms with Gasteiger partial charge in [0.05, 0.1) is 17.2 Å². The van der Waals surface area contributed by atoms with Crippen molar-refractivity contribution in [2.24, 2.45) is 11.8 Å². The number of carbonyl (C=O) groups is 2. The smallest absolute Gasteiger partial charge is 0.326 e. The van der Waals surface area contributed by atoms with E-state index in [4.69, 9.17) is 4.74 Å². The van der Waals surface area contributed by atoms with Gasteiger partial charge in [0.25, 0.3) is 11.5 Å². The molecule has 0 saturated carbocycles. The molecule has 0 radical (unpaired) electrons. The average Bonchev–Trinajstić information content (AvgIpc) is 2.61. The quantitative estimate of drug-likeness (QED) is 0.774. The fraction of sp³-hybridized carbons (Fsp3) is 0.474. The fourth-order valence-corrected chi connectivity index (χ4v) is 3.50. The Hall–Kier alpha value is -2.70. The SMILES string of the molecule is C[C@@H]1C[C@@H](C)CN(C(=O)COC(=O)Cn2cnc3ccccc3c2=O)C1. The lowest BCUT2D eigenvalue weighted by Crippen LogP contribution is -2.44. The Labute approximate surface area is 151 Å². The van der Waals surface area contributed by atoms with Crippen molar-refractivity contribution in [1.29, 1.82) is 0 Å². The minimum absolute atomic E-state index is 0.194. The molecule has 1 fully saturated rings. The number of rotatable bonds is 4. The number of hydrogen-bond donors (Lipinski definition) is 0. The van der Waals surface area contributed by atoms with Gasteiger partial charge in [-0.15, -0.1) is 0 Å². The first-order valence-corrected chi connectivity index (χ1v) is 8.81. The Balaban J connectivity index is 1.58. The summed E-state index contributed by atoms with van der Waals surface area (Å²) in [5.74, 6) is 0.0673. The summed E-state index contributed by atoms with van der Waals surface area (Å²) in [6.45, 7) is 5.04. The highest BCUT2D eigenvalue weighted by Gasteiger charge is 2.26. The van der Waals surface area contributed by atoms with Crippen molar-refractivity contribution in [3.8, 4) is 0 Å². The van der Waals surface area contributed by atoms with Crippen LogP contribution < -0.4 is 5.56 Å². The van der Waals surface area contributed by atoms with E-state index >= 15 is 0 Å². The maximum Gasteiger partial charge on any atom is 0.326 e. The summed E-state index contributed by atoms with van der Waals surface area (Å²) in [6, 6.07) is 6.93. The van der Waals surface area contributed by atoms with E-state index in [0.29, 0.717) is 35.8 Å². The first kappa shape index (κ1) is 18.1. The maximum atomic E-state index is 12.4. The Morgan fingerprint density at radius 2 is 1.88 bits per heavy atom. The normalized spacial score (nSPS) is 20.2. The molecule has 2 heterocycles. The van der Waals surface area contributed by atoms with Crippen LogP contribution >= 0.6 is 0 Å². The van der Waals surface area contributed by atoms with Gasteiger partial charge in [-0.1, -0.05) is 26.0 Å². The minimum Gasteiger partial charge on any atom is -0.454 e. The first-order chi connectivity index (χ1) is 12.4. The lowest BCUT2D eigenvalue weighted by atomic mass is 9.92. The molecule has 0 bridgehead atoms. The van der Waals surface area contributed by atoms with Gasteiger partial charge in [-0.2, -0.15) is 0 Å². The van der Waals surface area contributed by atoms with Gasteiger partial charge in [0.1, 0.15) is 6.54 Å². The molecule has 1 aliphatic heterocycles. The van der Waals surface area contributed by atoms with Crippen molar-refractivity contribution in [2.75, 3.05) is 19.7 Å². The Morgan fingerprint density at radius 1 is 1.19 bits per heavy atom. The molecular weight excluding hydrogens is 334 g/mol. The third-order valence-electron chi connectivity index (χ3n) is 4.61. The Bertz CT molecular complexity index is 866. The summed E-state index contributed by atoms with van der Waals surface area (Å²) in [5.41, 5.74) is 0.267. The number of piperidine rings is 1. The first-order valence-electron chi connectivity index (χ1n) is 8.81. The van der Waals surface area contributed by atoms with Crippen LogP contribution in [-0.2, 0) is 20.9 Å². The van der Waals surface area contributed by atoms with Crippen LogP contribution in [0.5, 0.6) is 0 Å². The largest absolute Gasteiger partial charge is 0.454 e. The summed E-state index contributed by atoms with van der Waals surface area (Å²) in [7, 11) is 0. The topological polar surface area (TPSA) is 81.5 Å². The van der Waals surface area contributed by atoms with Gasteiger partial charge >= 0.3 is 5.97 Å². The monoisotopic (exact) mass is 357 g/mol. The molecule has 7 nitrogen and oxygen atoms in total. The van der Waals surface area contributed by atoms with E-state index in [-0.39, 0.29) is 24.6 Å². The molecule has 7 heteroatoms.